The molecule has 0 aliphatic carbocycles. The molecule has 2 atom stereocenters. The number of hydrogen-bond donors (Lipinski definition) is 1. The van der Waals surface area contributed by atoms with Crippen LogP contribution in [0.15, 0.2) is 0 Å². The minimum Gasteiger partial charge on any atom is -0.310 e. The van der Waals surface area contributed by atoms with Crippen LogP contribution < -0.4 is 5.32 Å². The maximum absolute atomic E-state index is 3.74. The molecule has 2 rings (SSSR count). The van der Waals surface area contributed by atoms with Crippen LogP contribution >= 0.6 is 0 Å². The molecule has 0 aromatic heterocycles. The second-order valence-electron chi connectivity index (χ2n) is 6.42. The molecule has 106 valence electrons. The first-order chi connectivity index (χ1) is 8.58. The van der Waals surface area contributed by atoms with Crippen molar-refractivity contribution in [2.75, 3.05) is 60.9 Å². The third kappa shape index (κ3) is 3.44. The fourth-order valence-electron chi connectivity index (χ4n) is 3.64. The van der Waals surface area contributed by atoms with Crippen LogP contribution in [0.3, 0.4) is 0 Å². The maximum atomic E-state index is 3.74. The first-order valence-electron chi connectivity index (χ1n) is 7.35. The Labute approximate surface area is 112 Å². The van der Waals surface area contributed by atoms with Crippen LogP contribution in [0.5, 0.6) is 0 Å². The summed E-state index contributed by atoms with van der Waals surface area (Å²) in [4.78, 5) is 7.38. The van der Waals surface area contributed by atoms with Gasteiger partial charge in [0.25, 0.3) is 0 Å². The summed E-state index contributed by atoms with van der Waals surface area (Å²) in [5.41, 5.74) is 0. The van der Waals surface area contributed by atoms with Crippen LogP contribution in [0, 0.1) is 5.92 Å². The first kappa shape index (κ1) is 14.3. The van der Waals surface area contributed by atoms with Gasteiger partial charge in [-0.1, -0.05) is 0 Å². The second-order valence-corrected chi connectivity index (χ2v) is 6.42. The van der Waals surface area contributed by atoms with Crippen molar-refractivity contribution in [2.45, 2.75) is 24.9 Å². The molecule has 2 saturated heterocycles. The molecule has 2 unspecified atom stereocenters. The van der Waals surface area contributed by atoms with E-state index in [-0.39, 0.29) is 0 Å². The van der Waals surface area contributed by atoms with Gasteiger partial charge in [-0.2, -0.15) is 0 Å². The van der Waals surface area contributed by atoms with Gasteiger partial charge in [-0.25, -0.2) is 0 Å². The summed E-state index contributed by atoms with van der Waals surface area (Å²) in [6.45, 7) is 6.03. The number of nitrogens with one attached hydrogen (secondary N) is 1. The lowest BCUT2D eigenvalue weighted by atomic mass is 9.84. The Morgan fingerprint density at radius 2 is 1.72 bits per heavy atom. The van der Waals surface area contributed by atoms with Gasteiger partial charge in [0.05, 0.1) is 0 Å². The topological polar surface area (TPSA) is 21.8 Å². The highest BCUT2D eigenvalue weighted by Gasteiger charge is 2.34. The van der Waals surface area contributed by atoms with Crippen molar-refractivity contribution in [2.24, 2.45) is 5.92 Å². The predicted octanol–water partition coefficient (Wildman–Crippen LogP) is 0.162. The smallest absolute Gasteiger partial charge is 0.0354 e. The van der Waals surface area contributed by atoms with Gasteiger partial charge in [-0.3, -0.25) is 0 Å². The summed E-state index contributed by atoms with van der Waals surface area (Å²) in [7, 11) is 8.99. The molecular weight excluding hydrogens is 224 g/mol. The summed E-state index contributed by atoms with van der Waals surface area (Å²) in [6, 6.07) is 1.31. The minimum absolute atomic E-state index is 0.632. The van der Waals surface area contributed by atoms with Gasteiger partial charge in [0.15, 0.2) is 0 Å². The van der Waals surface area contributed by atoms with E-state index in [4.69, 9.17) is 0 Å². The zero-order chi connectivity index (χ0) is 13.1. The van der Waals surface area contributed by atoms with E-state index < -0.39 is 0 Å². The van der Waals surface area contributed by atoms with Crippen molar-refractivity contribution in [1.82, 2.24) is 20.0 Å². The summed E-state index contributed by atoms with van der Waals surface area (Å²) in [6.07, 6.45) is 2.70. The van der Waals surface area contributed by atoms with Crippen molar-refractivity contribution in [3.8, 4) is 0 Å². The zero-order valence-electron chi connectivity index (χ0n) is 12.5. The molecular formula is C14H30N4. The van der Waals surface area contributed by atoms with E-state index in [1.165, 1.54) is 39.0 Å². The van der Waals surface area contributed by atoms with E-state index in [0.717, 1.165) is 12.5 Å². The van der Waals surface area contributed by atoms with Crippen molar-refractivity contribution in [1.29, 1.82) is 0 Å². The normalized spacial score (nSPS) is 30.8. The van der Waals surface area contributed by atoms with E-state index in [9.17, 15) is 0 Å². The first-order valence-corrected chi connectivity index (χ1v) is 7.35. The molecule has 1 N–H and O–H groups in total. The Bertz CT molecular complexity index is 248. The Morgan fingerprint density at radius 1 is 1.06 bits per heavy atom. The lowest BCUT2D eigenvalue weighted by molar-refractivity contribution is 0.0778. The van der Waals surface area contributed by atoms with Gasteiger partial charge >= 0.3 is 0 Å². The molecule has 0 aromatic carbocycles. The largest absolute Gasteiger partial charge is 0.310 e. The Hall–Kier alpha value is -0.160. The SMILES string of the molecule is CN1CCC(C(C2CN(C)CCN2)N(C)C)CC1. The van der Waals surface area contributed by atoms with E-state index in [2.05, 4.69) is 48.2 Å². The predicted molar refractivity (Wildman–Crippen MR) is 77.0 cm³/mol. The van der Waals surface area contributed by atoms with E-state index in [1.54, 1.807) is 0 Å². The third-order valence-electron chi connectivity index (χ3n) is 4.66. The Kier molecular flexibility index (Phi) is 5.01. The highest BCUT2D eigenvalue weighted by atomic mass is 15.2. The van der Waals surface area contributed by atoms with Gasteiger partial charge in [0.1, 0.15) is 0 Å². The molecule has 0 bridgehead atoms. The van der Waals surface area contributed by atoms with Crippen LogP contribution in [0.1, 0.15) is 12.8 Å². The van der Waals surface area contributed by atoms with Crippen LogP contribution in [-0.2, 0) is 0 Å². The van der Waals surface area contributed by atoms with Gasteiger partial charge in [0, 0.05) is 31.7 Å². The number of hydrogen-bond acceptors (Lipinski definition) is 4. The summed E-state index contributed by atoms with van der Waals surface area (Å²) in [5.74, 6) is 0.847. The molecule has 2 fully saturated rings. The quantitative estimate of drug-likeness (QED) is 0.774. The molecule has 4 nitrogen and oxygen atoms in total. The third-order valence-corrected chi connectivity index (χ3v) is 4.66. The monoisotopic (exact) mass is 254 g/mol. The van der Waals surface area contributed by atoms with Crippen LogP contribution in [0.2, 0.25) is 0 Å². The number of likely N-dealkylation sites (N-methyl/N-ethyl adjacent to an activating group) is 2. The summed E-state index contributed by atoms with van der Waals surface area (Å²) in [5, 5.41) is 3.74. The summed E-state index contributed by atoms with van der Waals surface area (Å²) >= 11 is 0. The Morgan fingerprint density at radius 3 is 2.28 bits per heavy atom. The highest BCUT2D eigenvalue weighted by Crippen LogP contribution is 2.25. The van der Waals surface area contributed by atoms with Gasteiger partial charge < -0.3 is 20.0 Å². The fraction of sp³-hybridized carbons (Fsp3) is 1.00. The number of rotatable bonds is 3. The Balaban J connectivity index is 1.98. The van der Waals surface area contributed by atoms with E-state index in [0.29, 0.717) is 12.1 Å². The standard InChI is InChI=1S/C14H30N4/c1-16(2)14(12-5-8-17(3)9-6-12)13-11-18(4)10-7-15-13/h12-15H,5-11H2,1-4H3. The molecule has 0 radical (unpaired) electrons. The second kappa shape index (κ2) is 6.33. The highest BCUT2D eigenvalue weighted by molar-refractivity contribution is 4.93. The molecule has 2 heterocycles. The number of likely N-dealkylation sites (tertiary alicyclic amines) is 1. The van der Waals surface area contributed by atoms with Crippen molar-refractivity contribution >= 4 is 0 Å². The van der Waals surface area contributed by atoms with E-state index >= 15 is 0 Å². The fourth-order valence-corrected chi connectivity index (χ4v) is 3.64. The molecule has 0 spiro atoms. The van der Waals surface area contributed by atoms with Crippen LogP contribution in [-0.4, -0.2) is 87.7 Å². The molecule has 2 aliphatic heterocycles. The van der Waals surface area contributed by atoms with E-state index in [1.807, 2.05) is 0 Å². The zero-order valence-corrected chi connectivity index (χ0v) is 12.5. The number of piperazine rings is 1. The molecule has 2 aliphatic rings. The number of nitrogens with zero attached hydrogens (tertiary/aromatic N) is 3. The maximum Gasteiger partial charge on any atom is 0.0354 e. The van der Waals surface area contributed by atoms with Crippen LogP contribution in [0.25, 0.3) is 0 Å². The van der Waals surface area contributed by atoms with Gasteiger partial charge in [-0.05, 0) is 60.0 Å². The lowest BCUT2D eigenvalue weighted by Crippen LogP contribution is -2.60. The molecule has 0 saturated carbocycles. The van der Waals surface area contributed by atoms with Gasteiger partial charge in [-0.15, -0.1) is 0 Å². The molecule has 4 heteroatoms. The molecule has 0 aromatic rings. The number of piperidine rings is 1. The lowest BCUT2D eigenvalue weighted by Gasteiger charge is -2.45. The van der Waals surface area contributed by atoms with Crippen molar-refractivity contribution < 1.29 is 0 Å². The average Bonchev–Trinajstić information content (AvgIpc) is 2.32. The molecule has 0 amide bonds. The average molecular weight is 254 g/mol. The van der Waals surface area contributed by atoms with Crippen molar-refractivity contribution in [3.63, 3.8) is 0 Å². The van der Waals surface area contributed by atoms with Crippen molar-refractivity contribution in [3.05, 3.63) is 0 Å². The van der Waals surface area contributed by atoms with Gasteiger partial charge in [0.2, 0.25) is 0 Å². The van der Waals surface area contributed by atoms with Crippen LogP contribution in [0.4, 0.5) is 0 Å². The summed E-state index contributed by atoms with van der Waals surface area (Å²) < 4.78 is 0. The minimum atomic E-state index is 0.632. The molecule has 18 heavy (non-hydrogen) atoms.